The van der Waals surface area contributed by atoms with E-state index in [1.54, 1.807) is 11.5 Å². The number of anilines is 1. The standard InChI is InChI=1S/C9H12Cl2N5O4P.ClH/c1-5(20-9(10,11)21(17,18)19)2-16-4-15-6-7(12)13-3-14-8(6)16;/h3-5H,2H2,1H3,(H2,12,13,14)(H2,17,18,19);1H/t5-;/m1./s1. The van der Waals surface area contributed by atoms with Crippen molar-refractivity contribution in [2.45, 2.75) is 23.8 Å². The highest BCUT2D eigenvalue weighted by molar-refractivity contribution is 7.57. The van der Waals surface area contributed by atoms with E-state index >= 15 is 0 Å². The topological polar surface area (TPSA) is 136 Å². The Labute approximate surface area is 141 Å². The Morgan fingerprint density at radius 3 is 2.68 bits per heavy atom. The third kappa shape index (κ3) is 3.99. The first kappa shape index (κ1) is 19.4. The number of nitrogens with two attached hydrogens (primary N) is 1. The summed E-state index contributed by atoms with van der Waals surface area (Å²) < 4.78 is 15.1. The summed E-state index contributed by atoms with van der Waals surface area (Å²) in [6, 6.07) is 0. The summed E-state index contributed by atoms with van der Waals surface area (Å²) in [4.78, 5) is 29.9. The fraction of sp³-hybridized carbons (Fsp3) is 0.444. The minimum Gasteiger partial charge on any atom is -0.382 e. The lowest BCUT2D eigenvalue weighted by Crippen LogP contribution is -2.27. The lowest BCUT2D eigenvalue weighted by Gasteiger charge is -2.25. The molecule has 2 aromatic rings. The van der Waals surface area contributed by atoms with Crippen molar-refractivity contribution in [1.82, 2.24) is 19.5 Å². The van der Waals surface area contributed by atoms with E-state index in [1.807, 2.05) is 0 Å². The highest BCUT2D eigenvalue weighted by Gasteiger charge is 2.46. The average molecular weight is 393 g/mol. The Hall–Kier alpha value is -0.670. The Balaban J connectivity index is 0.00000242. The van der Waals surface area contributed by atoms with Gasteiger partial charge in [-0.1, -0.05) is 23.2 Å². The van der Waals surface area contributed by atoms with E-state index in [-0.39, 0.29) is 24.8 Å². The Morgan fingerprint density at radius 2 is 2.09 bits per heavy atom. The van der Waals surface area contributed by atoms with Gasteiger partial charge in [0.2, 0.25) is 0 Å². The molecule has 0 bridgehead atoms. The van der Waals surface area contributed by atoms with Gasteiger partial charge < -0.3 is 24.8 Å². The first-order valence-electron chi connectivity index (χ1n) is 5.64. The normalized spacial score (nSPS) is 13.9. The zero-order valence-electron chi connectivity index (χ0n) is 11.1. The molecule has 0 spiro atoms. The van der Waals surface area contributed by atoms with Gasteiger partial charge in [-0.05, 0) is 6.92 Å². The van der Waals surface area contributed by atoms with E-state index in [2.05, 4.69) is 15.0 Å². The molecule has 4 N–H and O–H groups in total. The van der Waals surface area contributed by atoms with E-state index in [4.69, 9.17) is 43.5 Å². The van der Waals surface area contributed by atoms with Crippen LogP contribution >= 0.6 is 43.2 Å². The van der Waals surface area contributed by atoms with Crippen LogP contribution in [0.1, 0.15) is 6.92 Å². The zero-order valence-corrected chi connectivity index (χ0v) is 14.4. The molecular formula is C9H13Cl3N5O4P. The fourth-order valence-electron chi connectivity index (χ4n) is 1.66. The molecule has 22 heavy (non-hydrogen) atoms. The minimum atomic E-state index is -4.83. The molecule has 0 aliphatic heterocycles. The first-order valence-corrected chi connectivity index (χ1v) is 8.01. The number of aromatic nitrogens is 4. The number of rotatable bonds is 5. The maximum atomic E-state index is 11.1. The van der Waals surface area contributed by atoms with Crippen molar-refractivity contribution in [2.24, 2.45) is 0 Å². The Bertz CT molecular complexity index is 706. The molecule has 0 aliphatic carbocycles. The molecule has 2 heterocycles. The van der Waals surface area contributed by atoms with Gasteiger partial charge in [0.05, 0.1) is 19.0 Å². The molecule has 124 valence electrons. The van der Waals surface area contributed by atoms with Crippen molar-refractivity contribution in [1.29, 1.82) is 0 Å². The maximum absolute atomic E-state index is 11.1. The van der Waals surface area contributed by atoms with E-state index < -0.39 is 18.0 Å². The molecule has 0 unspecified atom stereocenters. The van der Waals surface area contributed by atoms with E-state index in [9.17, 15) is 4.57 Å². The van der Waals surface area contributed by atoms with E-state index in [1.165, 1.54) is 12.7 Å². The van der Waals surface area contributed by atoms with Gasteiger partial charge in [0.1, 0.15) is 11.8 Å². The van der Waals surface area contributed by atoms with Crippen molar-refractivity contribution in [3.63, 3.8) is 0 Å². The van der Waals surface area contributed by atoms with Crippen LogP contribution in [-0.4, -0.2) is 39.7 Å². The van der Waals surface area contributed by atoms with Gasteiger partial charge in [-0.3, -0.25) is 4.57 Å². The molecule has 0 saturated carbocycles. The summed E-state index contributed by atoms with van der Waals surface area (Å²) in [5.74, 6) is 0.228. The smallest absolute Gasteiger partial charge is 0.382 e. The fourth-order valence-corrected chi connectivity index (χ4v) is 2.28. The summed E-state index contributed by atoms with van der Waals surface area (Å²) in [7, 11) is -4.83. The SMILES string of the molecule is C[C@H](Cn1cnc2c(N)ncnc21)OC(Cl)(Cl)P(=O)(O)O.Cl. The number of imidazole rings is 1. The van der Waals surface area contributed by atoms with Gasteiger partial charge in [-0.2, -0.15) is 0 Å². The van der Waals surface area contributed by atoms with Gasteiger partial charge in [0, 0.05) is 0 Å². The predicted molar refractivity (Wildman–Crippen MR) is 84.0 cm³/mol. The van der Waals surface area contributed by atoms with Crippen LogP contribution in [0.3, 0.4) is 0 Å². The Morgan fingerprint density at radius 1 is 1.45 bits per heavy atom. The van der Waals surface area contributed by atoms with Crippen LogP contribution in [0.15, 0.2) is 12.7 Å². The molecule has 0 aliphatic rings. The van der Waals surface area contributed by atoms with Crippen molar-refractivity contribution >= 4 is 60.2 Å². The largest absolute Gasteiger partial charge is 0.388 e. The summed E-state index contributed by atoms with van der Waals surface area (Å²) in [5, 5.41) is 0. The second-order valence-electron chi connectivity index (χ2n) is 4.29. The monoisotopic (exact) mass is 391 g/mol. The second kappa shape index (κ2) is 6.84. The third-order valence-electron chi connectivity index (χ3n) is 2.57. The van der Waals surface area contributed by atoms with Crippen LogP contribution in [0.4, 0.5) is 5.82 Å². The van der Waals surface area contributed by atoms with Crippen LogP contribution < -0.4 is 5.73 Å². The van der Waals surface area contributed by atoms with Crippen LogP contribution in [-0.2, 0) is 15.8 Å². The maximum Gasteiger partial charge on any atom is 0.388 e. The van der Waals surface area contributed by atoms with Crippen molar-refractivity contribution in [2.75, 3.05) is 5.73 Å². The number of halogens is 3. The molecule has 0 fully saturated rings. The van der Waals surface area contributed by atoms with Gasteiger partial charge in [-0.25, -0.2) is 15.0 Å². The molecule has 0 aromatic carbocycles. The summed E-state index contributed by atoms with van der Waals surface area (Å²) in [5.41, 5.74) is 6.54. The van der Waals surface area contributed by atoms with Crippen LogP contribution in [0, 0.1) is 0 Å². The first-order chi connectivity index (χ1) is 9.62. The molecular weight excluding hydrogens is 379 g/mol. The van der Waals surface area contributed by atoms with Crippen molar-refractivity contribution < 1.29 is 19.1 Å². The molecule has 13 heteroatoms. The highest BCUT2D eigenvalue weighted by atomic mass is 35.5. The number of ether oxygens (including phenoxy) is 1. The number of alkyl halides is 2. The third-order valence-corrected chi connectivity index (χ3v) is 4.85. The second-order valence-corrected chi connectivity index (χ2v) is 7.79. The predicted octanol–water partition coefficient (Wildman–Crippen LogP) is 1.50. The summed E-state index contributed by atoms with van der Waals surface area (Å²) in [6.07, 6.45) is 2.02. The highest BCUT2D eigenvalue weighted by Crippen LogP contribution is 2.57. The number of hydrogen-bond donors (Lipinski definition) is 3. The van der Waals surface area contributed by atoms with Crippen LogP contribution in [0.25, 0.3) is 11.2 Å². The lowest BCUT2D eigenvalue weighted by atomic mass is 10.4. The molecule has 1 atom stereocenters. The summed E-state index contributed by atoms with van der Waals surface area (Å²) >= 11 is 11.0. The van der Waals surface area contributed by atoms with Gasteiger partial charge in [-0.15, -0.1) is 12.4 Å². The average Bonchev–Trinajstić information content (AvgIpc) is 2.71. The molecule has 0 amide bonds. The zero-order chi connectivity index (χ0) is 15.8. The Kier molecular flexibility index (Phi) is 6.02. The minimum absolute atomic E-state index is 0. The molecule has 2 aromatic heterocycles. The van der Waals surface area contributed by atoms with Crippen molar-refractivity contribution in [3.8, 4) is 0 Å². The number of nitrogens with zero attached hydrogens (tertiary/aromatic N) is 4. The molecule has 0 radical (unpaired) electrons. The number of nitrogen functional groups attached to an aromatic ring is 1. The van der Waals surface area contributed by atoms with Gasteiger partial charge in [0.15, 0.2) is 11.5 Å². The van der Waals surface area contributed by atoms with Crippen molar-refractivity contribution in [3.05, 3.63) is 12.7 Å². The van der Waals surface area contributed by atoms with Crippen LogP contribution in [0.5, 0.6) is 0 Å². The number of hydrogen-bond acceptors (Lipinski definition) is 6. The number of fused-ring (bicyclic) bond motifs is 1. The quantitative estimate of drug-likeness (QED) is 0.514. The molecule has 9 nitrogen and oxygen atoms in total. The van der Waals surface area contributed by atoms with Gasteiger partial charge in [0.25, 0.3) is 0 Å². The summed E-state index contributed by atoms with van der Waals surface area (Å²) in [6.45, 7) is 1.71. The van der Waals surface area contributed by atoms with Crippen LogP contribution in [0.2, 0.25) is 0 Å². The molecule has 0 saturated heterocycles. The van der Waals surface area contributed by atoms with E-state index in [0.29, 0.717) is 11.2 Å². The van der Waals surface area contributed by atoms with Gasteiger partial charge >= 0.3 is 11.9 Å². The lowest BCUT2D eigenvalue weighted by molar-refractivity contribution is 0.0358. The van der Waals surface area contributed by atoms with E-state index in [0.717, 1.165) is 0 Å². The molecule has 2 rings (SSSR count).